The van der Waals surface area contributed by atoms with Crippen LogP contribution in [-0.4, -0.2) is 18.2 Å². The van der Waals surface area contributed by atoms with Gasteiger partial charge in [-0.05, 0) is 25.0 Å². The predicted molar refractivity (Wildman–Crippen MR) is 61.6 cm³/mol. The first-order valence-corrected chi connectivity index (χ1v) is 5.54. The third kappa shape index (κ3) is 1.64. The Morgan fingerprint density at radius 1 is 1.44 bits per heavy atom. The standard InChI is InChI=1S/C11H10Cl2O3/c1-16-9-7(4-6(12)5-8(9)13)11(2-3-11)10(14)15/h4-5H,2-3H2,1H3,(H,14,15). The van der Waals surface area contributed by atoms with E-state index in [4.69, 9.17) is 27.9 Å². The van der Waals surface area contributed by atoms with E-state index < -0.39 is 11.4 Å². The maximum Gasteiger partial charge on any atom is 0.314 e. The van der Waals surface area contributed by atoms with Gasteiger partial charge >= 0.3 is 5.97 Å². The Bertz CT molecular complexity index is 453. The van der Waals surface area contributed by atoms with Crippen molar-refractivity contribution in [2.45, 2.75) is 18.3 Å². The highest BCUT2D eigenvalue weighted by molar-refractivity contribution is 6.35. The molecule has 0 heterocycles. The van der Waals surface area contributed by atoms with E-state index in [-0.39, 0.29) is 0 Å². The van der Waals surface area contributed by atoms with Crippen molar-refractivity contribution in [3.63, 3.8) is 0 Å². The summed E-state index contributed by atoms with van der Waals surface area (Å²) >= 11 is 11.9. The van der Waals surface area contributed by atoms with Gasteiger partial charge in [0.15, 0.2) is 0 Å². The Morgan fingerprint density at radius 2 is 2.06 bits per heavy atom. The maximum absolute atomic E-state index is 11.2. The summed E-state index contributed by atoms with van der Waals surface area (Å²) in [7, 11) is 1.47. The van der Waals surface area contributed by atoms with Crippen molar-refractivity contribution in [1.29, 1.82) is 0 Å². The lowest BCUT2D eigenvalue weighted by Gasteiger charge is -2.16. The van der Waals surface area contributed by atoms with Gasteiger partial charge in [0.2, 0.25) is 0 Å². The first-order valence-electron chi connectivity index (χ1n) is 4.78. The van der Waals surface area contributed by atoms with Gasteiger partial charge in [-0.25, -0.2) is 0 Å². The largest absolute Gasteiger partial charge is 0.495 e. The molecule has 1 aliphatic rings. The normalized spacial score (nSPS) is 16.9. The number of halogens is 2. The van der Waals surface area contributed by atoms with Crippen LogP contribution in [0.4, 0.5) is 0 Å². The van der Waals surface area contributed by atoms with E-state index >= 15 is 0 Å². The summed E-state index contributed by atoms with van der Waals surface area (Å²) in [6, 6.07) is 3.16. The molecule has 86 valence electrons. The lowest BCUT2D eigenvalue weighted by molar-refractivity contribution is -0.140. The van der Waals surface area contributed by atoms with Gasteiger partial charge in [-0.15, -0.1) is 0 Å². The number of aliphatic carboxylic acids is 1. The fourth-order valence-electron chi connectivity index (χ4n) is 1.85. The summed E-state index contributed by atoms with van der Waals surface area (Å²) in [6.45, 7) is 0. The molecule has 0 atom stereocenters. The topological polar surface area (TPSA) is 46.5 Å². The van der Waals surface area contributed by atoms with E-state index in [0.29, 0.717) is 34.2 Å². The van der Waals surface area contributed by atoms with E-state index in [1.165, 1.54) is 7.11 Å². The highest BCUT2D eigenvalue weighted by Crippen LogP contribution is 2.53. The van der Waals surface area contributed by atoms with Crippen molar-refractivity contribution in [3.8, 4) is 5.75 Å². The van der Waals surface area contributed by atoms with E-state index in [9.17, 15) is 9.90 Å². The Morgan fingerprint density at radius 3 is 2.50 bits per heavy atom. The first-order chi connectivity index (χ1) is 7.51. The number of hydrogen-bond acceptors (Lipinski definition) is 2. The van der Waals surface area contributed by atoms with Crippen LogP contribution < -0.4 is 4.74 Å². The minimum absolute atomic E-state index is 0.345. The number of carbonyl (C=O) groups is 1. The van der Waals surface area contributed by atoms with E-state index in [1.54, 1.807) is 12.1 Å². The molecule has 0 aliphatic heterocycles. The van der Waals surface area contributed by atoms with E-state index in [2.05, 4.69) is 0 Å². The summed E-state index contributed by atoms with van der Waals surface area (Å²) in [5, 5.41) is 9.99. The van der Waals surface area contributed by atoms with Gasteiger partial charge in [0.05, 0.1) is 17.5 Å². The van der Waals surface area contributed by atoms with Gasteiger partial charge in [-0.3, -0.25) is 4.79 Å². The molecule has 1 N–H and O–H groups in total. The monoisotopic (exact) mass is 260 g/mol. The Labute approximate surface area is 103 Å². The van der Waals surface area contributed by atoms with Gasteiger partial charge in [0, 0.05) is 10.6 Å². The van der Waals surface area contributed by atoms with Crippen LogP contribution in [0.2, 0.25) is 10.0 Å². The van der Waals surface area contributed by atoms with Crippen LogP contribution >= 0.6 is 23.2 Å². The van der Waals surface area contributed by atoms with Gasteiger partial charge < -0.3 is 9.84 Å². The summed E-state index contributed by atoms with van der Waals surface area (Å²) < 4.78 is 5.15. The maximum atomic E-state index is 11.2. The number of carboxylic acid groups (broad SMARTS) is 1. The molecule has 0 saturated heterocycles. The van der Waals surface area contributed by atoms with Crippen LogP contribution in [0.25, 0.3) is 0 Å². The highest BCUT2D eigenvalue weighted by Gasteiger charge is 2.53. The van der Waals surface area contributed by atoms with Crippen molar-refractivity contribution >= 4 is 29.2 Å². The second kappa shape index (κ2) is 3.82. The molecule has 0 spiro atoms. The molecule has 1 aromatic rings. The molecular weight excluding hydrogens is 251 g/mol. The van der Waals surface area contributed by atoms with Crippen LogP contribution in [0, 0.1) is 0 Å². The quantitative estimate of drug-likeness (QED) is 0.909. The molecule has 0 aromatic heterocycles. The zero-order valence-corrected chi connectivity index (χ0v) is 10.1. The molecular formula is C11H10Cl2O3. The number of methoxy groups -OCH3 is 1. The summed E-state index contributed by atoms with van der Waals surface area (Å²) in [5.74, 6) is -0.449. The van der Waals surface area contributed by atoms with Crippen molar-refractivity contribution in [2.75, 3.05) is 7.11 Å². The Kier molecular flexibility index (Phi) is 2.76. The number of rotatable bonds is 3. The molecule has 5 heteroatoms. The third-order valence-electron chi connectivity index (χ3n) is 2.89. The average molecular weight is 261 g/mol. The first kappa shape index (κ1) is 11.6. The molecule has 1 aromatic carbocycles. The molecule has 2 rings (SSSR count). The second-order valence-corrected chi connectivity index (χ2v) is 4.70. The zero-order chi connectivity index (χ0) is 11.9. The van der Waals surface area contributed by atoms with Crippen LogP contribution in [0.5, 0.6) is 5.75 Å². The fraction of sp³-hybridized carbons (Fsp3) is 0.364. The number of carboxylic acids is 1. The van der Waals surface area contributed by atoms with Gasteiger partial charge in [0.25, 0.3) is 0 Å². The third-order valence-corrected chi connectivity index (χ3v) is 3.39. The lowest BCUT2D eigenvalue weighted by Crippen LogP contribution is -2.20. The lowest BCUT2D eigenvalue weighted by atomic mass is 9.95. The molecule has 0 radical (unpaired) electrons. The predicted octanol–water partition coefficient (Wildman–Crippen LogP) is 3.12. The molecule has 0 unspecified atom stereocenters. The molecule has 0 bridgehead atoms. The van der Waals surface area contributed by atoms with Crippen molar-refractivity contribution < 1.29 is 14.6 Å². The van der Waals surface area contributed by atoms with Gasteiger partial charge in [-0.2, -0.15) is 0 Å². The SMILES string of the molecule is COc1c(Cl)cc(Cl)cc1C1(C(=O)O)CC1. The summed E-state index contributed by atoms with van der Waals surface area (Å²) in [4.78, 5) is 11.2. The smallest absolute Gasteiger partial charge is 0.314 e. The highest BCUT2D eigenvalue weighted by atomic mass is 35.5. The van der Waals surface area contributed by atoms with E-state index in [1.807, 2.05) is 0 Å². The Hall–Kier alpha value is -0.930. The molecule has 1 fully saturated rings. The average Bonchev–Trinajstić information content (AvgIpc) is 2.97. The van der Waals surface area contributed by atoms with Crippen LogP contribution in [0.3, 0.4) is 0 Å². The van der Waals surface area contributed by atoms with Gasteiger partial charge in [0.1, 0.15) is 5.75 Å². The molecule has 3 nitrogen and oxygen atoms in total. The van der Waals surface area contributed by atoms with Crippen molar-refractivity contribution in [3.05, 3.63) is 27.7 Å². The molecule has 16 heavy (non-hydrogen) atoms. The van der Waals surface area contributed by atoms with Crippen LogP contribution in [0.1, 0.15) is 18.4 Å². The van der Waals surface area contributed by atoms with Crippen molar-refractivity contribution in [1.82, 2.24) is 0 Å². The summed E-state index contributed by atoms with van der Waals surface area (Å²) in [5.41, 5.74) is -0.292. The fourth-order valence-corrected chi connectivity index (χ4v) is 2.42. The van der Waals surface area contributed by atoms with Crippen LogP contribution in [0.15, 0.2) is 12.1 Å². The van der Waals surface area contributed by atoms with Gasteiger partial charge in [-0.1, -0.05) is 23.2 Å². The minimum atomic E-state index is -0.861. The molecule has 0 amide bonds. The minimum Gasteiger partial charge on any atom is -0.495 e. The zero-order valence-electron chi connectivity index (χ0n) is 8.59. The number of hydrogen-bond donors (Lipinski definition) is 1. The van der Waals surface area contributed by atoms with E-state index in [0.717, 1.165) is 0 Å². The Balaban J connectivity index is 2.60. The van der Waals surface area contributed by atoms with Crippen molar-refractivity contribution in [2.24, 2.45) is 0 Å². The number of ether oxygens (including phenoxy) is 1. The van der Waals surface area contributed by atoms with Crippen LogP contribution in [-0.2, 0) is 10.2 Å². The number of benzene rings is 1. The molecule has 1 aliphatic carbocycles. The molecule has 1 saturated carbocycles. The summed E-state index contributed by atoms with van der Waals surface area (Å²) in [6.07, 6.45) is 1.19. The second-order valence-electron chi connectivity index (χ2n) is 3.86.